The Balaban J connectivity index is 2.11. The summed E-state index contributed by atoms with van der Waals surface area (Å²) in [7, 11) is -4.15. The number of benzene rings is 2. The van der Waals surface area contributed by atoms with E-state index >= 15 is 0 Å². The number of aliphatic imine (C=N–C) groups is 1. The van der Waals surface area contributed by atoms with Crippen LogP contribution in [0.4, 0.5) is 30.6 Å². The number of carboxylic acids is 1. The Labute approximate surface area is 376 Å². The maximum absolute atomic E-state index is 14.3. The molecular formula is C42H57N7O11S3. The number of urea groups is 1. The summed E-state index contributed by atoms with van der Waals surface area (Å²) < 4.78 is 45.0. The van der Waals surface area contributed by atoms with Crippen molar-refractivity contribution in [1.29, 1.82) is 0 Å². The summed E-state index contributed by atoms with van der Waals surface area (Å²) in [4.78, 5) is 66.9. The topological polar surface area (TPSA) is 252 Å². The van der Waals surface area contributed by atoms with Gasteiger partial charge in [0.25, 0.3) is 0 Å². The Morgan fingerprint density at radius 2 is 1.43 bits per heavy atom. The zero-order chi connectivity index (χ0) is 47.3. The molecule has 0 saturated carbocycles. The van der Waals surface area contributed by atoms with Gasteiger partial charge in [0.2, 0.25) is 15.8 Å². The fraction of sp³-hybridized carbons (Fsp3) is 0.452. The highest BCUT2D eigenvalue weighted by atomic mass is 32.2. The molecule has 5 amide bonds. The second-order valence-corrected chi connectivity index (χ2v) is 21.0. The first-order valence-electron chi connectivity index (χ1n) is 19.7. The summed E-state index contributed by atoms with van der Waals surface area (Å²) in [5.74, 6) is -1.25. The van der Waals surface area contributed by atoms with Crippen molar-refractivity contribution in [1.82, 2.24) is 21.4 Å². The molecule has 1 aromatic heterocycles. The SMILES string of the molecule is CSc1sc(C=NNC(=O)OC(C)(C)C)cc1S(=O)(=O)c1cccc(-c2c(C)cc(N=C(NC(=O)OC(C)(C)C)NC(=O)OC(C)(C)C)cc2NC(=O)NCCCCCC(=O)O)c1. The number of aryl methyl sites for hydroxylation is 1. The average Bonchev–Trinajstić information content (AvgIpc) is 3.54. The molecule has 0 atom stereocenters. The number of hydrogen-bond acceptors (Lipinski definition) is 14. The summed E-state index contributed by atoms with van der Waals surface area (Å²) >= 11 is 2.40. The number of hydrazone groups is 1. The molecule has 18 nitrogen and oxygen atoms in total. The summed E-state index contributed by atoms with van der Waals surface area (Å²) in [5, 5.41) is 23.3. The number of alkyl carbamates (subject to hydrolysis) is 2. The van der Waals surface area contributed by atoms with Crippen molar-refractivity contribution < 1.29 is 51.7 Å². The van der Waals surface area contributed by atoms with E-state index < -0.39 is 56.9 Å². The van der Waals surface area contributed by atoms with Crippen LogP contribution in [-0.4, -0.2) is 85.6 Å². The highest BCUT2D eigenvalue weighted by Gasteiger charge is 2.26. The van der Waals surface area contributed by atoms with E-state index in [1.54, 1.807) is 93.7 Å². The van der Waals surface area contributed by atoms with Gasteiger partial charge in [0, 0.05) is 23.4 Å². The molecule has 0 fully saturated rings. The minimum atomic E-state index is -4.15. The molecule has 2 aromatic carbocycles. The van der Waals surface area contributed by atoms with Crippen molar-refractivity contribution in [2.24, 2.45) is 10.1 Å². The van der Waals surface area contributed by atoms with Gasteiger partial charge >= 0.3 is 30.3 Å². The van der Waals surface area contributed by atoms with Crippen molar-refractivity contribution in [2.45, 2.75) is 126 Å². The number of hydrogen-bond donors (Lipinski definition) is 6. The minimum absolute atomic E-state index is 0.0121. The second-order valence-electron chi connectivity index (χ2n) is 16.9. The molecule has 3 aromatic rings. The molecule has 6 N–H and O–H groups in total. The van der Waals surface area contributed by atoms with Crippen LogP contribution in [0.3, 0.4) is 0 Å². The molecule has 0 unspecified atom stereocenters. The van der Waals surface area contributed by atoms with Gasteiger partial charge in [-0.05, 0) is 130 Å². The van der Waals surface area contributed by atoms with E-state index in [2.05, 4.69) is 36.8 Å². The molecule has 0 aliphatic heterocycles. The van der Waals surface area contributed by atoms with Gasteiger partial charge in [-0.3, -0.25) is 15.4 Å². The van der Waals surface area contributed by atoms with Gasteiger partial charge in [-0.2, -0.15) is 5.10 Å². The predicted octanol–water partition coefficient (Wildman–Crippen LogP) is 8.94. The Kier molecular flexibility index (Phi) is 18.1. The number of nitrogens with one attached hydrogen (secondary N) is 5. The van der Waals surface area contributed by atoms with Crippen molar-refractivity contribution in [2.75, 3.05) is 18.1 Å². The molecule has 0 aliphatic carbocycles. The van der Waals surface area contributed by atoms with Gasteiger partial charge in [-0.1, -0.05) is 18.6 Å². The maximum Gasteiger partial charge on any atom is 0.428 e. The Bertz CT molecular complexity index is 2290. The van der Waals surface area contributed by atoms with Crippen LogP contribution in [-0.2, 0) is 28.8 Å². The maximum atomic E-state index is 14.3. The molecule has 63 heavy (non-hydrogen) atoms. The Hall–Kier alpha value is -5.67. The molecule has 0 radical (unpaired) electrons. The monoisotopic (exact) mass is 931 g/mol. The van der Waals surface area contributed by atoms with Gasteiger partial charge in [-0.25, -0.2) is 38.0 Å². The first-order chi connectivity index (χ1) is 29.2. The third-order valence-corrected chi connectivity index (χ3v) is 12.0. The first-order valence-corrected chi connectivity index (χ1v) is 23.2. The van der Waals surface area contributed by atoms with E-state index in [0.29, 0.717) is 45.0 Å². The number of unbranched alkanes of at least 4 members (excludes halogenated alkanes) is 2. The first kappa shape index (κ1) is 51.7. The number of sulfone groups is 1. The Morgan fingerprint density at radius 1 is 0.825 bits per heavy atom. The van der Waals surface area contributed by atoms with Crippen molar-refractivity contribution >= 4 is 86.8 Å². The molecule has 0 saturated heterocycles. The predicted molar refractivity (Wildman–Crippen MR) is 244 cm³/mol. The summed E-state index contributed by atoms with van der Waals surface area (Å²) in [6, 6.07) is 10.1. The van der Waals surface area contributed by atoms with Crippen LogP contribution in [0.25, 0.3) is 11.1 Å². The van der Waals surface area contributed by atoms with E-state index in [0.717, 1.165) is 0 Å². The zero-order valence-electron chi connectivity index (χ0n) is 37.3. The van der Waals surface area contributed by atoms with Crippen LogP contribution in [0.5, 0.6) is 0 Å². The lowest BCUT2D eigenvalue weighted by Gasteiger charge is -2.22. The number of thiophene rings is 1. The normalized spacial score (nSPS) is 11.9. The number of carbonyl (C=O) groups excluding carboxylic acids is 4. The van der Waals surface area contributed by atoms with Gasteiger partial charge in [-0.15, -0.1) is 23.1 Å². The molecule has 344 valence electrons. The number of carbonyl (C=O) groups is 5. The lowest BCUT2D eigenvalue weighted by Crippen LogP contribution is -2.47. The van der Waals surface area contributed by atoms with Gasteiger partial charge in [0.05, 0.1) is 31.6 Å². The lowest BCUT2D eigenvalue weighted by atomic mass is 9.97. The molecule has 0 bridgehead atoms. The van der Waals surface area contributed by atoms with E-state index in [-0.39, 0.29) is 40.1 Å². The summed E-state index contributed by atoms with van der Waals surface area (Å²) in [5.41, 5.74) is 1.46. The van der Waals surface area contributed by atoms with Gasteiger partial charge in [0.15, 0.2) is 0 Å². The largest absolute Gasteiger partial charge is 0.481 e. The summed E-state index contributed by atoms with van der Waals surface area (Å²) in [6.07, 6.45) is 2.00. The highest BCUT2D eigenvalue weighted by molar-refractivity contribution is 8.01. The molecule has 1 heterocycles. The number of ether oxygens (including phenoxy) is 3. The fourth-order valence-electron chi connectivity index (χ4n) is 5.44. The van der Waals surface area contributed by atoms with Crippen LogP contribution in [0, 0.1) is 6.92 Å². The minimum Gasteiger partial charge on any atom is -0.481 e. The number of nitrogens with zero attached hydrogens (tertiary/aromatic N) is 2. The number of carboxylic acid groups (broad SMARTS) is 1. The molecule has 3 rings (SSSR count). The quantitative estimate of drug-likeness (QED) is 0.0221. The van der Waals surface area contributed by atoms with Crippen LogP contribution >= 0.6 is 23.1 Å². The highest BCUT2D eigenvalue weighted by Crippen LogP contribution is 2.40. The van der Waals surface area contributed by atoms with Crippen LogP contribution in [0.1, 0.15) is 98.4 Å². The molecular weight excluding hydrogens is 875 g/mol. The number of guanidine groups is 1. The summed E-state index contributed by atoms with van der Waals surface area (Å²) in [6.45, 7) is 17.0. The van der Waals surface area contributed by atoms with E-state index in [1.165, 1.54) is 53.6 Å². The van der Waals surface area contributed by atoms with E-state index in [1.807, 2.05) is 0 Å². The molecule has 0 aliphatic rings. The van der Waals surface area contributed by atoms with Gasteiger partial charge < -0.3 is 30.0 Å². The van der Waals surface area contributed by atoms with E-state index in [9.17, 15) is 32.4 Å². The van der Waals surface area contributed by atoms with Gasteiger partial charge in [0.1, 0.15) is 16.8 Å². The molecule has 0 spiro atoms. The van der Waals surface area contributed by atoms with Crippen LogP contribution in [0.2, 0.25) is 0 Å². The number of rotatable bonds is 14. The number of anilines is 1. The zero-order valence-corrected chi connectivity index (χ0v) is 39.8. The number of thioether (sulfide) groups is 1. The van der Waals surface area contributed by atoms with E-state index in [4.69, 9.17) is 19.3 Å². The van der Waals surface area contributed by atoms with Crippen LogP contribution < -0.4 is 26.7 Å². The Morgan fingerprint density at radius 3 is 2.00 bits per heavy atom. The third-order valence-electron chi connectivity index (χ3n) is 7.74. The van der Waals surface area contributed by atoms with Crippen molar-refractivity contribution in [3.05, 3.63) is 52.9 Å². The lowest BCUT2D eigenvalue weighted by molar-refractivity contribution is -0.137. The fourth-order valence-corrected chi connectivity index (χ4v) is 9.38. The smallest absolute Gasteiger partial charge is 0.428 e. The number of amides is 5. The second kappa shape index (κ2) is 22.1. The molecule has 21 heteroatoms. The number of aliphatic carboxylic acids is 1. The van der Waals surface area contributed by atoms with Crippen LogP contribution in [0.15, 0.2) is 66.6 Å². The van der Waals surface area contributed by atoms with Crippen molar-refractivity contribution in [3.63, 3.8) is 0 Å². The standard InChI is InChI=1S/C42H57N7O11S3/c1-25-20-27(45-35(47-37(53)58-40(2,3)4)48-38(54)59-41(5,6)7)22-30(46-36(52)43-19-14-12-13-18-32(50)51)33(25)26-16-15-17-29(21-26)63(56,57)31-23-28(62-34(31)61-11)24-44-49-39(55)60-42(8,9)10/h15-17,20-24H,12-14,18-19H2,1-11H3,(H,49,55)(H,50,51)(H2,43,46,52)(H2,45,47,48,53,54). The third kappa shape index (κ3) is 17.9. The van der Waals surface area contributed by atoms with Crippen molar-refractivity contribution in [3.8, 4) is 11.1 Å². The average molecular weight is 932 g/mol.